The number of aromatic nitrogens is 3. The molecule has 2 aromatic heterocycles. The minimum absolute atomic E-state index is 0.0299. The number of carbonyl (C=O) groups excluding carboxylic acids is 1. The molecule has 0 spiro atoms. The molecule has 0 aromatic carbocycles. The van der Waals surface area contributed by atoms with Crippen molar-refractivity contribution in [1.29, 1.82) is 5.26 Å². The zero-order valence-corrected chi connectivity index (χ0v) is 13.4. The van der Waals surface area contributed by atoms with E-state index in [0.717, 1.165) is 4.88 Å². The number of aromatic amines is 1. The number of amides is 1. The Morgan fingerprint density at radius 3 is 3.14 bits per heavy atom. The van der Waals surface area contributed by atoms with Gasteiger partial charge in [-0.2, -0.15) is 5.26 Å². The van der Waals surface area contributed by atoms with Gasteiger partial charge in [0.05, 0.1) is 22.6 Å². The summed E-state index contributed by atoms with van der Waals surface area (Å²) in [7, 11) is 1.70. The number of H-pyrrole nitrogens is 1. The minimum Gasteiger partial charge on any atom is -0.344 e. The molecule has 1 atom stereocenters. The summed E-state index contributed by atoms with van der Waals surface area (Å²) in [6.45, 7) is 2.26. The van der Waals surface area contributed by atoms with Gasteiger partial charge in [0, 0.05) is 13.6 Å². The lowest BCUT2D eigenvalue weighted by Crippen LogP contribution is -2.33. The SMILES string of the molecule is C[C@H](Sc1n[nH]c(-c2cccs2)n1)C(=O)N(C)CCC#N. The van der Waals surface area contributed by atoms with E-state index >= 15 is 0 Å². The van der Waals surface area contributed by atoms with Crippen LogP contribution in [0, 0.1) is 11.3 Å². The van der Waals surface area contributed by atoms with Gasteiger partial charge >= 0.3 is 0 Å². The minimum atomic E-state index is -0.291. The zero-order chi connectivity index (χ0) is 15.2. The van der Waals surface area contributed by atoms with Crippen LogP contribution in [0.4, 0.5) is 0 Å². The molecule has 8 heteroatoms. The first kappa shape index (κ1) is 15.5. The fraction of sp³-hybridized carbons (Fsp3) is 0.385. The van der Waals surface area contributed by atoms with Crippen LogP contribution in [-0.2, 0) is 4.79 Å². The Balaban J connectivity index is 1.95. The third-order valence-corrected chi connectivity index (χ3v) is 4.61. The van der Waals surface area contributed by atoms with Crippen molar-refractivity contribution in [2.24, 2.45) is 0 Å². The molecule has 1 N–H and O–H groups in total. The average Bonchev–Trinajstić information content (AvgIpc) is 3.14. The lowest BCUT2D eigenvalue weighted by atomic mass is 10.3. The van der Waals surface area contributed by atoms with Gasteiger partial charge in [-0.3, -0.25) is 9.89 Å². The molecule has 6 nitrogen and oxygen atoms in total. The first-order valence-electron chi connectivity index (χ1n) is 6.36. The number of thioether (sulfide) groups is 1. The molecule has 0 saturated carbocycles. The fourth-order valence-electron chi connectivity index (χ4n) is 1.67. The van der Waals surface area contributed by atoms with Crippen molar-refractivity contribution in [3.05, 3.63) is 17.5 Å². The Morgan fingerprint density at radius 1 is 1.67 bits per heavy atom. The molecule has 0 radical (unpaired) electrons. The smallest absolute Gasteiger partial charge is 0.235 e. The summed E-state index contributed by atoms with van der Waals surface area (Å²) in [5, 5.41) is 17.8. The largest absolute Gasteiger partial charge is 0.344 e. The summed E-state index contributed by atoms with van der Waals surface area (Å²) < 4.78 is 0. The van der Waals surface area contributed by atoms with Crippen LogP contribution in [0.2, 0.25) is 0 Å². The highest BCUT2D eigenvalue weighted by atomic mass is 32.2. The molecule has 2 rings (SSSR count). The van der Waals surface area contributed by atoms with E-state index in [1.807, 2.05) is 30.5 Å². The van der Waals surface area contributed by atoms with Crippen LogP contribution in [-0.4, -0.2) is 44.8 Å². The van der Waals surface area contributed by atoms with Crippen LogP contribution in [0.1, 0.15) is 13.3 Å². The molecule has 0 aliphatic rings. The summed E-state index contributed by atoms with van der Waals surface area (Å²) in [5.41, 5.74) is 0. The van der Waals surface area contributed by atoms with E-state index in [1.165, 1.54) is 11.8 Å². The zero-order valence-electron chi connectivity index (χ0n) is 11.7. The van der Waals surface area contributed by atoms with Crippen molar-refractivity contribution >= 4 is 29.0 Å². The lowest BCUT2D eigenvalue weighted by Gasteiger charge is -2.18. The predicted molar refractivity (Wildman–Crippen MR) is 82.9 cm³/mol. The van der Waals surface area contributed by atoms with E-state index in [4.69, 9.17) is 5.26 Å². The van der Waals surface area contributed by atoms with Crippen molar-refractivity contribution in [3.63, 3.8) is 0 Å². The van der Waals surface area contributed by atoms with Crippen molar-refractivity contribution in [2.45, 2.75) is 23.8 Å². The van der Waals surface area contributed by atoms with Crippen LogP contribution in [0.15, 0.2) is 22.7 Å². The number of rotatable bonds is 6. The monoisotopic (exact) mass is 321 g/mol. The Kier molecular flexibility index (Phi) is 5.36. The predicted octanol–water partition coefficient (Wildman–Crippen LogP) is 2.39. The molecule has 2 heterocycles. The molecule has 0 saturated heterocycles. The molecule has 2 aromatic rings. The number of nitrogens with zero attached hydrogens (tertiary/aromatic N) is 4. The summed E-state index contributed by atoms with van der Waals surface area (Å²) in [4.78, 5) is 19.1. The van der Waals surface area contributed by atoms with Gasteiger partial charge in [-0.15, -0.1) is 16.4 Å². The lowest BCUT2D eigenvalue weighted by molar-refractivity contribution is -0.128. The second kappa shape index (κ2) is 7.24. The highest BCUT2D eigenvalue weighted by molar-refractivity contribution is 8.00. The number of nitriles is 1. The van der Waals surface area contributed by atoms with Gasteiger partial charge in [0.2, 0.25) is 11.1 Å². The Hall–Kier alpha value is -1.85. The third-order valence-electron chi connectivity index (χ3n) is 2.78. The summed E-state index contributed by atoms with van der Waals surface area (Å²) in [5.74, 6) is 0.683. The van der Waals surface area contributed by atoms with E-state index in [9.17, 15) is 4.79 Å². The van der Waals surface area contributed by atoms with Gasteiger partial charge in [-0.1, -0.05) is 17.8 Å². The molecule has 0 fully saturated rings. The maximum absolute atomic E-state index is 12.1. The van der Waals surface area contributed by atoms with E-state index < -0.39 is 0 Å². The molecular formula is C13H15N5OS2. The van der Waals surface area contributed by atoms with Crippen LogP contribution >= 0.6 is 23.1 Å². The second-order valence-electron chi connectivity index (χ2n) is 4.37. The standard InChI is InChI=1S/C13H15N5OS2/c1-9(12(19)18(2)7-4-6-14)21-13-15-11(16-17-13)10-5-3-8-20-10/h3,5,8-9H,4,7H2,1-2H3,(H,15,16,17)/t9-/m0/s1. The molecule has 0 aliphatic carbocycles. The fourth-order valence-corrected chi connectivity index (χ4v) is 3.17. The van der Waals surface area contributed by atoms with Crippen LogP contribution < -0.4 is 0 Å². The van der Waals surface area contributed by atoms with Gasteiger partial charge in [-0.25, -0.2) is 4.98 Å². The average molecular weight is 321 g/mol. The Bertz CT molecular complexity index is 631. The maximum atomic E-state index is 12.1. The van der Waals surface area contributed by atoms with Crippen molar-refractivity contribution in [2.75, 3.05) is 13.6 Å². The van der Waals surface area contributed by atoms with Gasteiger partial charge in [-0.05, 0) is 18.4 Å². The van der Waals surface area contributed by atoms with Gasteiger partial charge < -0.3 is 4.90 Å². The van der Waals surface area contributed by atoms with Crippen molar-refractivity contribution in [3.8, 4) is 16.8 Å². The van der Waals surface area contributed by atoms with E-state index in [-0.39, 0.29) is 11.2 Å². The van der Waals surface area contributed by atoms with Crippen molar-refractivity contribution in [1.82, 2.24) is 20.1 Å². The second-order valence-corrected chi connectivity index (χ2v) is 6.63. The van der Waals surface area contributed by atoms with E-state index in [2.05, 4.69) is 15.2 Å². The number of hydrogen-bond donors (Lipinski definition) is 1. The Labute approximate surface area is 131 Å². The Morgan fingerprint density at radius 2 is 2.48 bits per heavy atom. The normalized spacial score (nSPS) is 11.9. The van der Waals surface area contributed by atoms with E-state index in [1.54, 1.807) is 23.3 Å². The molecule has 0 bridgehead atoms. The molecule has 21 heavy (non-hydrogen) atoms. The molecule has 1 amide bonds. The maximum Gasteiger partial charge on any atom is 0.235 e. The number of thiophene rings is 1. The molecular weight excluding hydrogens is 306 g/mol. The first-order valence-corrected chi connectivity index (χ1v) is 8.12. The van der Waals surface area contributed by atoms with Crippen LogP contribution in [0.5, 0.6) is 0 Å². The topological polar surface area (TPSA) is 85.7 Å². The van der Waals surface area contributed by atoms with E-state index in [0.29, 0.717) is 23.9 Å². The van der Waals surface area contributed by atoms with Crippen LogP contribution in [0.3, 0.4) is 0 Å². The molecule has 0 aliphatic heterocycles. The first-order chi connectivity index (χ1) is 10.1. The number of hydrogen-bond acceptors (Lipinski definition) is 6. The molecule has 110 valence electrons. The molecule has 0 unspecified atom stereocenters. The summed E-state index contributed by atoms with van der Waals surface area (Å²) in [6.07, 6.45) is 0.336. The highest BCUT2D eigenvalue weighted by Crippen LogP contribution is 2.25. The van der Waals surface area contributed by atoms with Crippen LogP contribution in [0.25, 0.3) is 10.7 Å². The number of nitrogens with one attached hydrogen (secondary N) is 1. The quantitative estimate of drug-likeness (QED) is 0.826. The van der Waals surface area contributed by atoms with Gasteiger partial charge in [0.25, 0.3) is 0 Å². The highest BCUT2D eigenvalue weighted by Gasteiger charge is 2.20. The summed E-state index contributed by atoms with van der Waals surface area (Å²) >= 11 is 2.89. The number of carbonyl (C=O) groups is 1. The van der Waals surface area contributed by atoms with Gasteiger partial charge in [0.1, 0.15) is 0 Å². The van der Waals surface area contributed by atoms with Crippen molar-refractivity contribution < 1.29 is 4.79 Å². The van der Waals surface area contributed by atoms with Gasteiger partial charge in [0.15, 0.2) is 5.82 Å². The summed E-state index contributed by atoms with van der Waals surface area (Å²) in [6, 6.07) is 5.94. The third kappa shape index (κ3) is 4.06.